The zero-order valence-electron chi connectivity index (χ0n) is 10.5. The Labute approximate surface area is 108 Å². The standard InChI is InChI=1S/C12H15F3N2O2/c1-2-19-11(18)10-9(12(13,14)15)6-16-17(10)7-8-4-3-5-8/h6,8H,2-5,7H2,1H3. The number of aromatic nitrogens is 2. The Morgan fingerprint density at radius 1 is 1.53 bits per heavy atom. The van der Waals surface area contributed by atoms with E-state index in [0.717, 1.165) is 23.9 Å². The first kappa shape index (κ1) is 13.9. The smallest absolute Gasteiger partial charge is 0.420 e. The molecule has 0 atom stereocenters. The average molecular weight is 276 g/mol. The summed E-state index contributed by atoms with van der Waals surface area (Å²) in [6.07, 6.45) is -0.898. The molecular weight excluding hydrogens is 261 g/mol. The molecule has 0 bridgehead atoms. The first-order valence-electron chi connectivity index (χ1n) is 6.23. The SMILES string of the molecule is CCOC(=O)c1c(C(F)(F)F)cnn1CC1CCC1. The van der Waals surface area contributed by atoms with Gasteiger partial charge in [0, 0.05) is 6.54 Å². The van der Waals surface area contributed by atoms with Gasteiger partial charge in [-0.15, -0.1) is 0 Å². The Morgan fingerprint density at radius 2 is 2.21 bits per heavy atom. The lowest BCUT2D eigenvalue weighted by atomic mass is 9.85. The fourth-order valence-electron chi connectivity index (χ4n) is 2.07. The second-order valence-corrected chi connectivity index (χ2v) is 4.60. The van der Waals surface area contributed by atoms with E-state index in [0.29, 0.717) is 18.7 Å². The molecule has 0 unspecified atom stereocenters. The molecule has 1 aromatic heterocycles. The third kappa shape index (κ3) is 2.90. The number of ether oxygens (including phenoxy) is 1. The first-order valence-corrected chi connectivity index (χ1v) is 6.23. The van der Waals surface area contributed by atoms with Crippen molar-refractivity contribution >= 4 is 5.97 Å². The minimum absolute atomic E-state index is 0.0325. The van der Waals surface area contributed by atoms with Crippen molar-refractivity contribution in [2.24, 2.45) is 5.92 Å². The Balaban J connectivity index is 2.31. The third-order valence-corrected chi connectivity index (χ3v) is 3.27. The molecule has 1 aromatic rings. The lowest BCUT2D eigenvalue weighted by molar-refractivity contribution is -0.138. The molecule has 0 spiro atoms. The molecule has 0 saturated heterocycles. The van der Waals surface area contributed by atoms with Gasteiger partial charge in [0.05, 0.1) is 12.8 Å². The van der Waals surface area contributed by atoms with E-state index in [1.807, 2.05) is 0 Å². The van der Waals surface area contributed by atoms with Gasteiger partial charge in [-0.05, 0) is 25.7 Å². The summed E-state index contributed by atoms with van der Waals surface area (Å²) in [5, 5.41) is 3.70. The molecule has 2 rings (SSSR count). The number of hydrogen-bond donors (Lipinski definition) is 0. The van der Waals surface area contributed by atoms with Crippen molar-refractivity contribution in [1.82, 2.24) is 9.78 Å². The molecule has 4 nitrogen and oxygen atoms in total. The van der Waals surface area contributed by atoms with Gasteiger partial charge < -0.3 is 4.74 Å². The van der Waals surface area contributed by atoms with Crippen LogP contribution in [0.1, 0.15) is 42.2 Å². The number of esters is 1. The van der Waals surface area contributed by atoms with Crippen LogP contribution in [-0.4, -0.2) is 22.4 Å². The maximum atomic E-state index is 12.8. The average Bonchev–Trinajstić information content (AvgIpc) is 2.67. The normalized spacial score (nSPS) is 16.2. The van der Waals surface area contributed by atoms with Crippen molar-refractivity contribution < 1.29 is 22.7 Å². The zero-order chi connectivity index (χ0) is 14.0. The molecule has 1 aliphatic rings. The van der Waals surface area contributed by atoms with Gasteiger partial charge in [-0.2, -0.15) is 18.3 Å². The lowest BCUT2D eigenvalue weighted by Crippen LogP contribution is -2.24. The third-order valence-electron chi connectivity index (χ3n) is 3.27. The highest BCUT2D eigenvalue weighted by atomic mass is 19.4. The highest BCUT2D eigenvalue weighted by Crippen LogP contribution is 2.34. The molecule has 1 aliphatic carbocycles. The summed E-state index contributed by atoms with van der Waals surface area (Å²) in [6.45, 7) is 1.92. The van der Waals surface area contributed by atoms with Crippen molar-refractivity contribution in [2.45, 2.75) is 38.9 Å². The van der Waals surface area contributed by atoms with E-state index < -0.39 is 23.4 Å². The Bertz CT molecular complexity index is 464. The summed E-state index contributed by atoms with van der Waals surface area (Å²) in [6, 6.07) is 0. The Kier molecular flexibility index (Phi) is 3.82. The Morgan fingerprint density at radius 3 is 2.68 bits per heavy atom. The number of nitrogens with zero attached hydrogens (tertiary/aromatic N) is 2. The Hall–Kier alpha value is -1.53. The number of rotatable bonds is 4. The van der Waals surface area contributed by atoms with Gasteiger partial charge in [-0.25, -0.2) is 4.79 Å². The number of halogens is 3. The van der Waals surface area contributed by atoms with E-state index in [2.05, 4.69) is 5.10 Å². The topological polar surface area (TPSA) is 44.1 Å². The van der Waals surface area contributed by atoms with Crippen LogP contribution in [0.25, 0.3) is 0 Å². The van der Waals surface area contributed by atoms with Gasteiger partial charge in [0.15, 0.2) is 5.69 Å². The molecule has 106 valence electrons. The van der Waals surface area contributed by atoms with Crippen LogP contribution >= 0.6 is 0 Å². The second-order valence-electron chi connectivity index (χ2n) is 4.60. The van der Waals surface area contributed by atoms with Crippen LogP contribution in [0, 0.1) is 5.92 Å². The number of carbonyl (C=O) groups is 1. The van der Waals surface area contributed by atoms with Crippen molar-refractivity contribution in [3.05, 3.63) is 17.5 Å². The molecule has 0 N–H and O–H groups in total. The van der Waals surface area contributed by atoms with Gasteiger partial charge in [0.1, 0.15) is 5.56 Å². The van der Waals surface area contributed by atoms with Crippen LogP contribution in [0.5, 0.6) is 0 Å². The van der Waals surface area contributed by atoms with Crippen molar-refractivity contribution in [2.75, 3.05) is 6.61 Å². The molecule has 1 fully saturated rings. The molecule has 0 aliphatic heterocycles. The van der Waals surface area contributed by atoms with Crippen LogP contribution in [-0.2, 0) is 17.5 Å². The van der Waals surface area contributed by atoms with Crippen LogP contribution in [0.4, 0.5) is 13.2 Å². The van der Waals surface area contributed by atoms with Crippen molar-refractivity contribution in [3.63, 3.8) is 0 Å². The van der Waals surface area contributed by atoms with E-state index >= 15 is 0 Å². The van der Waals surface area contributed by atoms with Gasteiger partial charge in [-0.3, -0.25) is 4.68 Å². The van der Waals surface area contributed by atoms with Crippen LogP contribution in [0.15, 0.2) is 6.20 Å². The van der Waals surface area contributed by atoms with Crippen LogP contribution in [0.2, 0.25) is 0 Å². The maximum absolute atomic E-state index is 12.8. The predicted octanol–water partition coefficient (Wildman–Crippen LogP) is 2.88. The van der Waals surface area contributed by atoms with E-state index in [1.54, 1.807) is 6.92 Å². The molecular formula is C12H15F3N2O2. The molecule has 0 aromatic carbocycles. The van der Waals surface area contributed by atoms with Gasteiger partial charge in [0.25, 0.3) is 0 Å². The summed E-state index contributed by atoms with van der Waals surface area (Å²) >= 11 is 0. The fourth-order valence-corrected chi connectivity index (χ4v) is 2.07. The number of alkyl halides is 3. The predicted molar refractivity (Wildman–Crippen MR) is 60.5 cm³/mol. The second kappa shape index (κ2) is 5.22. The minimum Gasteiger partial charge on any atom is -0.461 e. The molecule has 0 amide bonds. The highest BCUT2D eigenvalue weighted by Gasteiger charge is 2.39. The van der Waals surface area contributed by atoms with Gasteiger partial charge >= 0.3 is 12.1 Å². The van der Waals surface area contributed by atoms with Gasteiger partial charge in [-0.1, -0.05) is 6.42 Å². The highest BCUT2D eigenvalue weighted by molar-refractivity contribution is 5.89. The number of hydrogen-bond acceptors (Lipinski definition) is 3. The summed E-state index contributed by atoms with van der Waals surface area (Å²) in [4.78, 5) is 11.7. The largest absolute Gasteiger partial charge is 0.461 e. The van der Waals surface area contributed by atoms with Crippen LogP contribution < -0.4 is 0 Å². The van der Waals surface area contributed by atoms with Crippen molar-refractivity contribution in [3.8, 4) is 0 Å². The maximum Gasteiger partial charge on any atom is 0.420 e. The summed E-state index contributed by atoms with van der Waals surface area (Å²) in [5.41, 5.74) is -1.51. The van der Waals surface area contributed by atoms with E-state index in [4.69, 9.17) is 4.74 Å². The number of carbonyl (C=O) groups excluding carboxylic acids is 1. The minimum atomic E-state index is -4.60. The summed E-state index contributed by atoms with van der Waals surface area (Å²) in [5.74, 6) is -0.666. The lowest BCUT2D eigenvalue weighted by Gasteiger charge is -2.25. The van der Waals surface area contributed by atoms with E-state index in [-0.39, 0.29) is 6.61 Å². The quantitative estimate of drug-likeness (QED) is 0.794. The first-order chi connectivity index (χ1) is 8.93. The van der Waals surface area contributed by atoms with Gasteiger partial charge in [0.2, 0.25) is 0 Å². The monoisotopic (exact) mass is 276 g/mol. The molecule has 1 saturated carbocycles. The van der Waals surface area contributed by atoms with Crippen LogP contribution in [0.3, 0.4) is 0 Å². The van der Waals surface area contributed by atoms with E-state index in [9.17, 15) is 18.0 Å². The van der Waals surface area contributed by atoms with E-state index in [1.165, 1.54) is 0 Å². The molecule has 1 heterocycles. The fraction of sp³-hybridized carbons (Fsp3) is 0.667. The zero-order valence-corrected chi connectivity index (χ0v) is 10.5. The molecule has 0 radical (unpaired) electrons. The molecule has 19 heavy (non-hydrogen) atoms. The summed E-state index contributed by atoms with van der Waals surface area (Å²) < 4.78 is 44.3. The van der Waals surface area contributed by atoms with Crippen molar-refractivity contribution in [1.29, 1.82) is 0 Å². The molecule has 7 heteroatoms. The summed E-state index contributed by atoms with van der Waals surface area (Å²) in [7, 11) is 0.